The second kappa shape index (κ2) is 5.75. The normalized spacial score (nSPS) is 11.1. The molecule has 1 heterocycles. The maximum atomic E-state index is 5.43. The molecule has 1 rings (SSSR count). The second-order valence-corrected chi connectivity index (χ2v) is 3.55. The van der Waals surface area contributed by atoms with E-state index in [4.69, 9.17) is 5.73 Å². The van der Waals surface area contributed by atoms with Crippen molar-refractivity contribution in [2.24, 2.45) is 5.73 Å². The summed E-state index contributed by atoms with van der Waals surface area (Å²) in [6, 6.07) is 0. The van der Waals surface area contributed by atoms with Gasteiger partial charge in [0.25, 0.3) is 0 Å². The van der Waals surface area contributed by atoms with Crippen molar-refractivity contribution in [1.29, 1.82) is 0 Å². The van der Waals surface area contributed by atoms with Gasteiger partial charge in [0.1, 0.15) is 5.82 Å². The van der Waals surface area contributed by atoms with E-state index in [0.29, 0.717) is 12.5 Å². The summed E-state index contributed by atoms with van der Waals surface area (Å²) in [6.07, 6.45) is 4.08. The van der Waals surface area contributed by atoms with Crippen LogP contribution >= 0.6 is 0 Å². The lowest BCUT2D eigenvalue weighted by atomic mass is 10.0. The van der Waals surface area contributed by atoms with E-state index in [-0.39, 0.29) is 0 Å². The third-order valence-corrected chi connectivity index (χ3v) is 2.52. The summed E-state index contributed by atoms with van der Waals surface area (Å²) in [5.74, 6) is 2.43. The average Bonchev–Trinajstić information content (AvgIpc) is 2.65. The van der Waals surface area contributed by atoms with Crippen molar-refractivity contribution >= 4 is 0 Å². The van der Waals surface area contributed by atoms with E-state index in [9.17, 15) is 0 Å². The Kier molecular flexibility index (Phi) is 4.59. The van der Waals surface area contributed by atoms with E-state index in [2.05, 4.69) is 29.0 Å². The van der Waals surface area contributed by atoms with Gasteiger partial charge in [-0.3, -0.25) is 5.10 Å². The highest BCUT2D eigenvalue weighted by atomic mass is 15.2. The number of aromatic nitrogens is 3. The highest BCUT2D eigenvalue weighted by Gasteiger charge is 2.12. The number of nitrogens with two attached hydrogens (primary N) is 1. The summed E-state index contributed by atoms with van der Waals surface area (Å²) in [5.41, 5.74) is 5.43. The van der Waals surface area contributed by atoms with E-state index in [0.717, 1.165) is 37.3 Å². The molecule has 14 heavy (non-hydrogen) atoms. The Hall–Kier alpha value is -0.900. The predicted molar refractivity (Wildman–Crippen MR) is 57.1 cm³/mol. The topological polar surface area (TPSA) is 67.6 Å². The van der Waals surface area contributed by atoms with E-state index < -0.39 is 0 Å². The van der Waals surface area contributed by atoms with Crippen molar-refractivity contribution in [3.05, 3.63) is 11.6 Å². The number of aryl methyl sites for hydroxylation is 1. The van der Waals surface area contributed by atoms with E-state index in [1.807, 2.05) is 0 Å². The summed E-state index contributed by atoms with van der Waals surface area (Å²) in [4.78, 5) is 4.47. The maximum Gasteiger partial charge on any atom is 0.153 e. The van der Waals surface area contributed by atoms with Crippen molar-refractivity contribution in [2.45, 2.75) is 45.4 Å². The van der Waals surface area contributed by atoms with Crippen molar-refractivity contribution in [3.63, 3.8) is 0 Å². The van der Waals surface area contributed by atoms with Crippen LogP contribution in [0.2, 0.25) is 0 Å². The van der Waals surface area contributed by atoms with Gasteiger partial charge in [-0.1, -0.05) is 13.8 Å². The van der Waals surface area contributed by atoms with E-state index in [1.165, 1.54) is 0 Å². The first kappa shape index (κ1) is 11.2. The summed E-state index contributed by atoms with van der Waals surface area (Å²) in [5, 5.41) is 7.21. The Morgan fingerprint density at radius 1 is 1.36 bits per heavy atom. The molecule has 0 unspecified atom stereocenters. The number of H-pyrrole nitrogens is 1. The fourth-order valence-electron chi connectivity index (χ4n) is 1.53. The summed E-state index contributed by atoms with van der Waals surface area (Å²) in [7, 11) is 0. The average molecular weight is 196 g/mol. The fourth-order valence-corrected chi connectivity index (χ4v) is 1.53. The van der Waals surface area contributed by atoms with Gasteiger partial charge in [0.15, 0.2) is 5.82 Å². The molecule has 0 saturated carbocycles. The van der Waals surface area contributed by atoms with Crippen molar-refractivity contribution in [2.75, 3.05) is 6.54 Å². The number of nitrogens with one attached hydrogen (secondary N) is 1. The number of nitrogens with zero attached hydrogens (tertiary/aromatic N) is 2. The monoisotopic (exact) mass is 196 g/mol. The Bertz CT molecular complexity index is 252. The molecule has 0 amide bonds. The standard InChI is InChI=1S/C10H20N4/c1-3-8(4-2)10-12-9(13-14-10)6-5-7-11/h8H,3-7,11H2,1-2H3,(H,12,13,14). The lowest BCUT2D eigenvalue weighted by Gasteiger charge is -2.05. The molecular weight excluding hydrogens is 176 g/mol. The van der Waals surface area contributed by atoms with Crippen LogP contribution in [0, 0.1) is 0 Å². The maximum absolute atomic E-state index is 5.43. The van der Waals surface area contributed by atoms with Crippen molar-refractivity contribution < 1.29 is 0 Å². The van der Waals surface area contributed by atoms with E-state index in [1.54, 1.807) is 0 Å². The molecule has 1 aromatic rings. The largest absolute Gasteiger partial charge is 0.330 e. The summed E-state index contributed by atoms with van der Waals surface area (Å²) in [6.45, 7) is 5.05. The molecule has 0 saturated heterocycles. The minimum atomic E-state index is 0.498. The molecule has 4 nitrogen and oxygen atoms in total. The first-order valence-electron chi connectivity index (χ1n) is 5.43. The Balaban J connectivity index is 2.57. The minimum Gasteiger partial charge on any atom is -0.330 e. The highest BCUT2D eigenvalue weighted by molar-refractivity contribution is 4.97. The van der Waals surface area contributed by atoms with Crippen LogP contribution in [0.3, 0.4) is 0 Å². The lowest BCUT2D eigenvalue weighted by molar-refractivity contribution is 0.604. The molecule has 1 aromatic heterocycles. The lowest BCUT2D eigenvalue weighted by Crippen LogP contribution is -2.01. The van der Waals surface area contributed by atoms with Crippen LogP contribution in [0.4, 0.5) is 0 Å². The Morgan fingerprint density at radius 2 is 2.07 bits per heavy atom. The minimum absolute atomic E-state index is 0.498. The number of rotatable bonds is 6. The van der Waals surface area contributed by atoms with Gasteiger partial charge in [0.05, 0.1) is 0 Å². The van der Waals surface area contributed by atoms with Gasteiger partial charge in [0.2, 0.25) is 0 Å². The van der Waals surface area contributed by atoms with Gasteiger partial charge in [-0.25, -0.2) is 4.98 Å². The van der Waals surface area contributed by atoms with Crippen LogP contribution in [0.25, 0.3) is 0 Å². The fraction of sp³-hybridized carbons (Fsp3) is 0.800. The summed E-state index contributed by atoms with van der Waals surface area (Å²) < 4.78 is 0. The first-order chi connectivity index (χ1) is 6.81. The Labute approximate surface area is 85.3 Å². The second-order valence-electron chi connectivity index (χ2n) is 3.55. The molecule has 0 aliphatic rings. The molecule has 4 heteroatoms. The van der Waals surface area contributed by atoms with Gasteiger partial charge in [0, 0.05) is 12.3 Å². The van der Waals surface area contributed by atoms with Crippen LogP contribution in [0.5, 0.6) is 0 Å². The molecule has 3 N–H and O–H groups in total. The number of hydrogen-bond donors (Lipinski definition) is 2. The van der Waals surface area contributed by atoms with Crippen molar-refractivity contribution in [3.8, 4) is 0 Å². The molecular formula is C10H20N4. The van der Waals surface area contributed by atoms with Crippen LogP contribution in [0.1, 0.15) is 50.7 Å². The zero-order valence-corrected chi connectivity index (χ0v) is 9.08. The first-order valence-corrected chi connectivity index (χ1v) is 5.43. The van der Waals surface area contributed by atoms with Gasteiger partial charge < -0.3 is 5.73 Å². The molecule has 0 aliphatic heterocycles. The Morgan fingerprint density at radius 3 is 2.64 bits per heavy atom. The number of aromatic amines is 1. The molecule has 0 aromatic carbocycles. The van der Waals surface area contributed by atoms with E-state index >= 15 is 0 Å². The van der Waals surface area contributed by atoms with Crippen LogP contribution in [-0.4, -0.2) is 21.7 Å². The third-order valence-electron chi connectivity index (χ3n) is 2.52. The van der Waals surface area contributed by atoms with Crippen LogP contribution in [-0.2, 0) is 6.42 Å². The predicted octanol–water partition coefficient (Wildman–Crippen LogP) is 1.60. The van der Waals surface area contributed by atoms with Crippen LogP contribution in [0.15, 0.2) is 0 Å². The zero-order valence-electron chi connectivity index (χ0n) is 9.08. The zero-order chi connectivity index (χ0) is 10.4. The molecule has 0 fully saturated rings. The molecule has 0 bridgehead atoms. The van der Waals surface area contributed by atoms with Gasteiger partial charge in [-0.2, -0.15) is 5.10 Å². The summed E-state index contributed by atoms with van der Waals surface area (Å²) >= 11 is 0. The number of hydrogen-bond acceptors (Lipinski definition) is 3. The molecule has 0 spiro atoms. The van der Waals surface area contributed by atoms with Crippen molar-refractivity contribution in [1.82, 2.24) is 15.2 Å². The molecule has 0 radical (unpaired) electrons. The van der Waals surface area contributed by atoms with Gasteiger partial charge in [-0.15, -0.1) is 0 Å². The SMILES string of the molecule is CCC(CC)c1n[nH]c(CCCN)n1. The molecule has 80 valence electrons. The van der Waals surface area contributed by atoms with Crippen LogP contribution < -0.4 is 5.73 Å². The molecule has 0 aliphatic carbocycles. The third kappa shape index (κ3) is 2.80. The van der Waals surface area contributed by atoms with Gasteiger partial charge >= 0.3 is 0 Å². The smallest absolute Gasteiger partial charge is 0.153 e. The van der Waals surface area contributed by atoms with Gasteiger partial charge in [-0.05, 0) is 25.8 Å². The quantitative estimate of drug-likeness (QED) is 0.726. The highest BCUT2D eigenvalue weighted by Crippen LogP contribution is 2.18. The molecule has 0 atom stereocenters.